The predicted molar refractivity (Wildman–Crippen MR) is 107 cm³/mol. The molecule has 0 aromatic carbocycles. The third-order valence-corrected chi connectivity index (χ3v) is 8.59. The second-order valence-corrected chi connectivity index (χ2v) is 10.9. The molecule has 5 unspecified atom stereocenters. The fourth-order valence-corrected chi connectivity index (χ4v) is 6.76. The predicted octanol–water partition coefficient (Wildman–Crippen LogP) is 3.89. The molecule has 4 heteroatoms. The first-order valence-corrected chi connectivity index (χ1v) is 11.4. The maximum absolute atomic E-state index is 13.2. The van der Waals surface area contributed by atoms with Crippen LogP contribution in [-0.4, -0.2) is 23.9 Å². The fourth-order valence-electron chi connectivity index (χ4n) is 6.76. The van der Waals surface area contributed by atoms with E-state index in [2.05, 4.69) is 24.5 Å². The molecule has 152 valence electrons. The Hall–Kier alpha value is -1.06. The van der Waals surface area contributed by atoms with E-state index in [-0.39, 0.29) is 23.1 Å². The molecule has 0 saturated heterocycles. The zero-order valence-electron chi connectivity index (χ0n) is 17.6. The van der Waals surface area contributed by atoms with Gasteiger partial charge < -0.3 is 10.6 Å². The van der Waals surface area contributed by atoms with Crippen LogP contribution in [0.5, 0.6) is 0 Å². The van der Waals surface area contributed by atoms with Crippen LogP contribution in [0.25, 0.3) is 0 Å². The maximum Gasteiger partial charge on any atom is 0.226 e. The topological polar surface area (TPSA) is 58.2 Å². The highest BCUT2D eigenvalue weighted by Crippen LogP contribution is 2.55. The first kappa shape index (κ1) is 19.3. The van der Waals surface area contributed by atoms with Gasteiger partial charge in [0.15, 0.2) is 0 Å². The molecule has 5 fully saturated rings. The van der Waals surface area contributed by atoms with E-state index in [1.54, 1.807) is 0 Å². The van der Waals surface area contributed by atoms with Crippen molar-refractivity contribution in [2.24, 2.45) is 40.9 Å². The molecule has 0 aromatic heterocycles. The van der Waals surface area contributed by atoms with Crippen LogP contribution in [0.3, 0.4) is 0 Å². The van der Waals surface area contributed by atoms with Crippen molar-refractivity contribution in [3.63, 3.8) is 0 Å². The highest BCUT2D eigenvalue weighted by Gasteiger charge is 2.53. The monoisotopic (exact) mass is 374 g/mol. The van der Waals surface area contributed by atoms with Crippen LogP contribution >= 0.6 is 0 Å². The lowest BCUT2D eigenvalue weighted by Gasteiger charge is -2.45. The van der Waals surface area contributed by atoms with E-state index in [0.717, 1.165) is 18.8 Å². The van der Waals surface area contributed by atoms with Crippen molar-refractivity contribution in [2.75, 3.05) is 0 Å². The standard InChI is InChI=1S/C23H38N2O2/c1-13(2)21(26)24-20-12-16-10-17(20)11-18(16)23(3,4)22(27)25-19-9-14-5-7-15(19)8-6-14/h13-20H,5-12H2,1-4H3,(H,24,26)(H,25,27). The Kier molecular flexibility index (Phi) is 5.05. The molecule has 0 aromatic rings. The van der Waals surface area contributed by atoms with Crippen molar-refractivity contribution in [3.8, 4) is 0 Å². The summed E-state index contributed by atoms with van der Waals surface area (Å²) in [7, 11) is 0. The second kappa shape index (κ2) is 7.08. The van der Waals surface area contributed by atoms with Crippen molar-refractivity contribution >= 4 is 11.8 Å². The molecule has 2 N–H and O–H groups in total. The van der Waals surface area contributed by atoms with E-state index < -0.39 is 0 Å². The molecule has 5 aliphatic carbocycles. The Morgan fingerprint density at radius 3 is 2.00 bits per heavy atom. The number of hydrogen-bond donors (Lipinski definition) is 2. The van der Waals surface area contributed by atoms with Gasteiger partial charge in [-0.3, -0.25) is 9.59 Å². The highest BCUT2D eigenvalue weighted by atomic mass is 16.2. The summed E-state index contributed by atoms with van der Waals surface area (Å²) in [5.74, 6) is 3.65. The summed E-state index contributed by atoms with van der Waals surface area (Å²) >= 11 is 0. The number of nitrogens with one attached hydrogen (secondary N) is 2. The average molecular weight is 375 g/mol. The van der Waals surface area contributed by atoms with Gasteiger partial charge in [-0.05, 0) is 68.1 Å². The Bertz CT molecular complexity index is 591. The summed E-state index contributed by atoms with van der Waals surface area (Å²) in [6.45, 7) is 8.24. The molecule has 0 heterocycles. The van der Waals surface area contributed by atoms with Crippen LogP contribution in [0, 0.1) is 40.9 Å². The van der Waals surface area contributed by atoms with Gasteiger partial charge in [0.05, 0.1) is 0 Å². The van der Waals surface area contributed by atoms with E-state index in [1.165, 1.54) is 38.5 Å². The van der Waals surface area contributed by atoms with Crippen LogP contribution in [-0.2, 0) is 9.59 Å². The van der Waals surface area contributed by atoms with Crippen molar-refractivity contribution in [1.82, 2.24) is 10.6 Å². The summed E-state index contributed by atoms with van der Waals surface area (Å²) in [6.07, 6.45) is 9.88. The van der Waals surface area contributed by atoms with E-state index >= 15 is 0 Å². The molecule has 2 amide bonds. The van der Waals surface area contributed by atoms with Gasteiger partial charge in [-0.1, -0.05) is 40.5 Å². The molecule has 5 atom stereocenters. The minimum atomic E-state index is -0.302. The quantitative estimate of drug-likeness (QED) is 0.767. The molecule has 0 spiro atoms. The van der Waals surface area contributed by atoms with E-state index in [4.69, 9.17) is 0 Å². The summed E-state index contributed by atoms with van der Waals surface area (Å²) in [6, 6.07) is 0.745. The Morgan fingerprint density at radius 1 is 0.815 bits per heavy atom. The number of hydrogen-bond acceptors (Lipinski definition) is 2. The fraction of sp³-hybridized carbons (Fsp3) is 0.913. The number of fused-ring (bicyclic) bond motifs is 5. The zero-order valence-corrected chi connectivity index (χ0v) is 17.6. The Labute approximate surface area is 164 Å². The van der Waals surface area contributed by atoms with Gasteiger partial charge in [0, 0.05) is 23.4 Å². The lowest BCUT2D eigenvalue weighted by Crippen LogP contribution is -2.53. The third-order valence-electron chi connectivity index (χ3n) is 8.59. The van der Waals surface area contributed by atoms with Crippen molar-refractivity contribution in [2.45, 2.75) is 91.1 Å². The summed E-state index contributed by atoms with van der Waals surface area (Å²) in [4.78, 5) is 25.3. The molecule has 5 aliphatic rings. The largest absolute Gasteiger partial charge is 0.353 e. The van der Waals surface area contributed by atoms with E-state index in [0.29, 0.717) is 35.8 Å². The lowest BCUT2D eigenvalue weighted by molar-refractivity contribution is -0.135. The van der Waals surface area contributed by atoms with Crippen molar-refractivity contribution < 1.29 is 9.59 Å². The molecular formula is C23H38N2O2. The average Bonchev–Trinajstić information content (AvgIpc) is 3.23. The van der Waals surface area contributed by atoms with Crippen LogP contribution in [0.15, 0.2) is 0 Å². The smallest absolute Gasteiger partial charge is 0.226 e. The lowest BCUT2D eigenvalue weighted by atomic mass is 9.66. The molecule has 5 rings (SSSR count). The minimum absolute atomic E-state index is 0.0490. The summed E-state index contributed by atoms with van der Waals surface area (Å²) in [5, 5.41) is 6.73. The van der Waals surface area contributed by atoms with Gasteiger partial charge in [-0.25, -0.2) is 0 Å². The van der Waals surface area contributed by atoms with Gasteiger partial charge in [-0.15, -0.1) is 0 Å². The highest BCUT2D eigenvalue weighted by molar-refractivity contribution is 5.82. The molecular weight excluding hydrogens is 336 g/mol. The number of amides is 2. The maximum atomic E-state index is 13.2. The van der Waals surface area contributed by atoms with Gasteiger partial charge >= 0.3 is 0 Å². The minimum Gasteiger partial charge on any atom is -0.353 e. The molecule has 0 aliphatic heterocycles. The number of rotatable bonds is 5. The second-order valence-electron chi connectivity index (χ2n) is 10.9. The summed E-state index contributed by atoms with van der Waals surface area (Å²) in [5.41, 5.74) is -0.302. The zero-order chi connectivity index (χ0) is 19.3. The van der Waals surface area contributed by atoms with Crippen LogP contribution < -0.4 is 10.6 Å². The SMILES string of the molecule is CC(C)C(=O)NC1CC2CC1CC2C(C)(C)C(=O)NC1CC2CCC1CC2. The first-order valence-electron chi connectivity index (χ1n) is 11.4. The molecule has 4 nitrogen and oxygen atoms in total. The van der Waals surface area contributed by atoms with Gasteiger partial charge in [-0.2, -0.15) is 0 Å². The van der Waals surface area contributed by atoms with Crippen LogP contribution in [0.2, 0.25) is 0 Å². The number of carbonyl (C=O) groups excluding carboxylic acids is 2. The van der Waals surface area contributed by atoms with Crippen molar-refractivity contribution in [1.29, 1.82) is 0 Å². The Morgan fingerprint density at radius 2 is 1.48 bits per heavy atom. The third kappa shape index (κ3) is 3.53. The summed E-state index contributed by atoms with van der Waals surface area (Å²) < 4.78 is 0. The van der Waals surface area contributed by atoms with Gasteiger partial charge in [0.2, 0.25) is 11.8 Å². The van der Waals surface area contributed by atoms with Crippen molar-refractivity contribution in [3.05, 3.63) is 0 Å². The molecule has 5 saturated carbocycles. The molecule has 27 heavy (non-hydrogen) atoms. The van der Waals surface area contributed by atoms with E-state index in [1.807, 2.05) is 13.8 Å². The van der Waals surface area contributed by atoms with E-state index in [9.17, 15) is 9.59 Å². The molecule has 0 radical (unpaired) electrons. The first-order chi connectivity index (χ1) is 12.8. The van der Waals surface area contributed by atoms with Crippen LogP contribution in [0.1, 0.15) is 79.1 Å². The Balaban J connectivity index is 1.35. The molecule has 4 bridgehead atoms. The number of carbonyl (C=O) groups is 2. The van der Waals surface area contributed by atoms with Gasteiger partial charge in [0.25, 0.3) is 0 Å². The normalized spacial score (nSPS) is 40.4. The van der Waals surface area contributed by atoms with Crippen LogP contribution in [0.4, 0.5) is 0 Å². The van der Waals surface area contributed by atoms with Gasteiger partial charge in [0.1, 0.15) is 0 Å².